The second-order valence-electron chi connectivity index (χ2n) is 7.52. The van der Waals surface area contributed by atoms with Crippen molar-refractivity contribution in [1.29, 1.82) is 0 Å². The molecule has 0 saturated heterocycles. The Bertz CT molecular complexity index is 1620. The largest absolute Gasteiger partial charge is 0.462 e. The summed E-state index contributed by atoms with van der Waals surface area (Å²) in [5, 5.41) is 0. The number of hydrogen-bond acceptors (Lipinski definition) is 6. The van der Waals surface area contributed by atoms with E-state index in [4.69, 9.17) is 4.74 Å². The number of sulfonamides is 1. The number of aryl methyl sites for hydroxylation is 1. The van der Waals surface area contributed by atoms with Crippen molar-refractivity contribution in [1.82, 2.24) is 9.97 Å². The molecule has 0 radical (unpaired) electrons. The molecule has 0 fully saturated rings. The molecule has 0 unspecified atom stereocenters. The Morgan fingerprint density at radius 3 is 2.21 bits per heavy atom. The molecule has 1 heterocycles. The van der Waals surface area contributed by atoms with Gasteiger partial charge in [0.1, 0.15) is 0 Å². The Balaban J connectivity index is 1.65. The van der Waals surface area contributed by atoms with Gasteiger partial charge in [-0.3, -0.25) is 14.3 Å². The van der Waals surface area contributed by atoms with E-state index in [1.54, 1.807) is 62.4 Å². The number of esters is 1. The van der Waals surface area contributed by atoms with Crippen molar-refractivity contribution in [3.63, 3.8) is 0 Å². The quantitative estimate of drug-likeness (QED) is 0.287. The van der Waals surface area contributed by atoms with Gasteiger partial charge >= 0.3 is 17.1 Å². The highest BCUT2D eigenvalue weighted by Gasteiger charge is 2.19. The molecule has 3 N–H and O–H groups in total. The predicted molar refractivity (Wildman–Crippen MR) is 129 cm³/mol. The molecule has 10 heteroatoms. The van der Waals surface area contributed by atoms with Gasteiger partial charge < -0.3 is 14.7 Å². The number of aromatic nitrogens is 2. The molecule has 4 rings (SSSR count). The number of benzene rings is 3. The van der Waals surface area contributed by atoms with Gasteiger partial charge in [-0.15, -0.1) is 0 Å². The third-order valence-electron chi connectivity index (χ3n) is 5.18. The SMILES string of the molecule is CCOC(=O)c1ccccc1-c1ccc(NS(=O)(=O)c2cc3[nH]c(=O)c(=O)[nH]c3cc2C)cc1. The lowest BCUT2D eigenvalue weighted by Gasteiger charge is -2.13. The summed E-state index contributed by atoms with van der Waals surface area (Å²) in [5.74, 6) is -0.436. The third-order valence-corrected chi connectivity index (χ3v) is 6.70. The molecule has 0 aliphatic heterocycles. The van der Waals surface area contributed by atoms with Gasteiger partial charge in [0, 0.05) is 5.69 Å². The van der Waals surface area contributed by atoms with Crippen molar-refractivity contribution in [2.45, 2.75) is 18.7 Å². The zero-order valence-corrected chi connectivity index (χ0v) is 19.2. The van der Waals surface area contributed by atoms with Gasteiger partial charge in [0.2, 0.25) is 0 Å². The number of rotatable bonds is 6. The maximum atomic E-state index is 13.1. The lowest BCUT2D eigenvalue weighted by atomic mass is 9.99. The van der Waals surface area contributed by atoms with Gasteiger partial charge in [-0.05, 0) is 60.9 Å². The number of nitrogens with one attached hydrogen (secondary N) is 3. The zero-order valence-electron chi connectivity index (χ0n) is 18.3. The van der Waals surface area contributed by atoms with Crippen LogP contribution in [0.1, 0.15) is 22.8 Å². The van der Waals surface area contributed by atoms with Crippen molar-refractivity contribution < 1.29 is 17.9 Å². The fraction of sp³-hybridized carbons (Fsp3) is 0.125. The van der Waals surface area contributed by atoms with Crippen LogP contribution in [-0.2, 0) is 14.8 Å². The standard InChI is InChI=1S/C24H21N3O6S/c1-3-33-24(30)18-7-5-4-6-17(18)15-8-10-16(11-9-15)27-34(31,32)21-13-20-19(12-14(21)2)25-22(28)23(29)26-20/h4-13,27H,3H2,1-2H3,(H,25,28)(H,26,29). The van der Waals surface area contributed by atoms with Crippen molar-refractivity contribution >= 4 is 32.7 Å². The average Bonchev–Trinajstić information content (AvgIpc) is 2.80. The Kier molecular flexibility index (Phi) is 6.08. The fourth-order valence-corrected chi connectivity index (χ4v) is 4.90. The summed E-state index contributed by atoms with van der Waals surface area (Å²) in [6.45, 7) is 3.58. The lowest BCUT2D eigenvalue weighted by Crippen LogP contribution is -2.29. The highest BCUT2D eigenvalue weighted by molar-refractivity contribution is 7.92. The molecule has 0 saturated carbocycles. The first-order chi connectivity index (χ1) is 16.2. The molecular weight excluding hydrogens is 458 g/mol. The first-order valence-corrected chi connectivity index (χ1v) is 11.8. The zero-order chi connectivity index (χ0) is 24.5. The minimum atomic E-state index is -4.00. The van der Waals surface area contributed by atoms with Crippen molar-refractivity contribution in [2.24, 2.45) is 0 Å². The summed E-state index contributed by atoms with van der Waals surface area (Å²) in [7, 11) is -4.00. The molecule has 34 heavy (non-hydrogen) atoms. The van der Waals surface area contributed by atoms with E-state index in [0.717, 1.165) is 5.56 Å². The van der Waals surface area contributed by atoms with Crippen LogP contribution in [0.5, 0.6) is 0 Å². The number of carbonyl (C=O) groups is 1. The molecule has 0 amide bonds. The van der Waals surface area contributed by atoms with E-state index in [9.17, 15) is 22.8 Å². The van der Waals surface area contributed by atoms with Crippen LogP contribution in [0, 0.1) is 6.92 Å². The molecule has 0 aliphatic carbocycles. The van der Waals surface area contributed by atoms with Gasteiger partial charge in [0.15, 0.2) is 0 Å². The molecule has 0 atom stereocenters. The van der Waals surface area contributed by atoms with Crippen LogP contribution in [0.15, 0.2) is 75.1 Å². The minimum Gasteiger partial charge on any atom is -0.462 e. The fourth-order valence-electron chi connectivity index (χ4n) is 3.59. The average molecular weight is 480 g/mol. The Labute approximate surface area is 194 Å². The van der Waals surface area contributed by atoms with E-state index in [1.165, 1.54) is 12.1 Å². The summed E-state index contributed by atoms with van der Waals surface area (Å²) in [4.78, 5) is 40.2. The number of H-pyrrole nitrogens is 2. The van der Waals surface area contributed by atoms with Crippen LogP contribution in [0.4, 0.5) is 5.69 Å². The van der Waals surface area contributed by atoms with Crippen LogP contribution in [0.25, 0.3) is 22.2 Å². The molecule has 0 bridgehead atoms. The van der Waals surface area contributed by atoms with E-state index in [-0.39, 0.29) is 17.0 Å². The summed E-state index contributed by atoms with van der Waals surface area (Å²) in [5.41, 5.74) is 1.34. The first-order valence-electron chi connectivity index (χ1n) is 10.4. The number of carbonyl (C=O) groups excluding carboxylic acids is 1. The van der Waals surface area contributed by atoms with Crippen molar-refractivity contribution in [3.05, 3.63) is 92.5 Å². The predicted octanol–water partition coefficient (Wildman–Crippen LogP) is 3.17. The number of ether oxygens (including phenoxy) is 1. The summed E-state index contributed by atoms with van der Waals surface area (Å²) in [6.07, 6.45) is 0. The minimum absolute atomic E-state index is 0.0422. The number of hydrogen-bond donors (Lipinski definition) is 3. The Hall–Kier alpha value is -4.18. The number of fused-ring (bicyclic) bond motifs is 1. The Morgan fingerprint density at radius 2 is 1.56 bits per heavy atom. The van der Waals surface area contributed by atoms with Crippen molar-refractivity contribution in [2.75, 3.05) is 11.3 Å². The second kappa shape index (κ2) is 8.99. The first kappa shape index (κ1) is 23.0. The van der Waals surface area contributed by atoms with Crippen LogP contribution < -0.4 is 15.8 Å². The van der Waals surface area contributed by atoms with Gasteiger partial charge in [-0.2, -0.15) is 0 Å². The molecule has 4 aromatic rings. The molecular formula is C24H21N3O6S. The summed E-state index contributed by atoms with van der Waals surface area (Å²) >= 11 is 0. The van der Waals surface area contributed by atoms with Gasteiger partial charge in [-0.1, -0.05) is 30.3 Å². The van der Waals surface area contributed by atoms with Crippen LogP contribution >= 0.6 is 0 Å². The molecule has 174 valence electrons. The normalized spacial score (nSPS) is 11.4. The monoisotopic (exact) mass is 479 g/mol. The van der Waals surface area contributed by atoms with Crippen LogP contribution in [-0.4, -0.2) is 31.0 Å². The molecule has 1 aromatic heterocycles. The van der Waals surface area contributed by atoms with E-state index in [1.807, 2.05) is 0 Å². The topological polar surface area (TPSA) is 138 Å². The van der Waals surface area contributed by atoms with E-state index >= 15 is 0 Å². The molecule has 0 spiro atoms. The van der Waals surface area contributed by atoms with E-state index < -0.39 is 27.1 Å². The highest BCUT2D eigenvalue weighted by Crippen LogP contribution is 2.27. The second-order valence-corrected chi connectivity index (χ2v) is 9.17. The maximum Gasteiger partial charge on any atom is 0.338 e. The number of aromatic amines is 2. The van der Waals surface area contributed by atoms with Crippen LogP contribution in [0.2, 0.25) is 0 Å². The van der Waals surface area contributed by atoms with Gasteiger partial charge in [0.05, 0.1) is 28.1 Å². The molecule has 0 aliphatic rings. The molecule has 9 nitrogen and oxygen atoms in total. The third kappa shape index (κ3) is 4.48. The summed E-state index contributed by atoms with van der Waals surface area (Å²) in [6, 6.07) is 16.4. The molecule has 3 aromatic carbocycles. The van der Waals surface area contributed by atoms with E-state index in [0.29, 0.717) is 27.9 Å². The lowest BCUT2D eigenvalue weighted by molar-refractivity contribution is 0.0527. The highest BCUT2D eigenvalue weighted by atomic mass is 32.2. The van der Waals surface area contributed by atoms with Gasteiger partial charge in [0.25, 0.3) is 10.0 Å². The smallest absolute Gasteiger partial charge is 0.338 e. The van der Waals surface area contributed by atoms with E-state index in [2.05, 4.69) is 14.7 Å². The van der Waals surface area contributed by atoms with Crippen LogP contribution in [0.3, 0.4) is 0 Å². The Morgan fingerprint density at radius 1 is 0.941 bits per heavy atom. The maximum absolute atomic E-state index is 13.1. The van der Waals surface area contributed by atoms with Gasteiger partial charge in [-0.25, -0.2) is 13.2 Å². The number of anilines is 1. The van der Waals surface area contributed by atoms with Crippen molar-refractivity contribution in [3.8, 4) is 11.1 Å². The summed E-state index contributed by atoms with van der Waals surface area (Å²) < 4.78 is 33.7.